The lowest BCUT2D eigenvalue weighted by Crippen LogP contribution is -2.02. The summed E-state index contributed by atoms with van der Waals surface area (Å²) in [6.45, 7) is 4.07. The Morgan fingerprint density at radius 1 is 1.11 bits per heavy atom. The number of anilines is 1. The standard InChI is InChI=1S/C15H14ClN3/c1-9-6-7-11(16)8-13(9)19-12-5-3-4-10(2)14(12)18-15(19)17/h3-8H,1-2H3,(H2,17,18). The number of nitrogen functional groups attached to an aromatic ring is 1. The number of hydrogen-bond acceptors (Lipinski definition) is 2. The summed E-state index contributed by atoms with van der Waals surface area (Å²) >= 11 is 6.09. The van der Waals surface area contributed by atoms with Gasteiger partial charge in [0.15, 0.2) is 0 Å². The van der Waals surface area contributed by atoms with Gasteiger partial charge in [-0.3, -0.25) is 4.57 Å². The molecule has 1 aromatic heterocycles. The second-order valence-corrected chi connectivity index (χ2v) is 5.12. The van der Waals surface area contributed by atoms with Crippen LogP contribution in [0.5, 0.6) is 0 Å². The summed E-state index contributed by atoms with van der Waals surface area (Å²) in [5.74, 6) is 0.481. The SMILES string of the molecule is Cc1ccc(Cl)cc1-n1c(N)nc2c(C)cccc21. The van der Waals surface area contributed by atoms with Crippen LogP contribution in [-0.4, -0.2) is 9.55 Å². The number of aromatic nitrogens is 2. The van der Waals surface area contributed by atoms with E-state index in [1.54, 1.807) is 0 Å². The average molecular weight is 272 g/mol. The topological polar surface area (TPSA) is 43.8 Å². The molecular weight excluding hydrogens is 258 g/mol. The third-order valence-corrected chi connectivity index (χ3v) is 3.56. The molecule has 0 fully saturated rings. The molecule has 3 rings (SSSR count). The van der Waals surface area contributed by atoms with Crippen molar-refractivity contribution >= 4 is 28.6 Å². The largest absolute Gasteiger partial charge is 0.369 e. The van der Waals surface area contributed by atoms with Gasteiger partial charge in [0.2, 0.25) is 5.95 Å². The number of rotatable bonds is 1. The van der Waals surface area contributed by atoms with Gasteiger partial charge in [-0.25, -0.2) is 4.98 Å². The molecule has 0 atom stereocenters. The molecule has 0 saturated heterocycles. The van der Waals surface area contributed by atoms with E-state index in [2.05, 4.69) is 4.98 Å². The van der Waals surface area contributed by atoms with Gasteiger partial charge in [0.25, 0.3) is 0 Å². The molecule has 0 radical (unpaired) electrons. The zero-order chi connectivity index (χ0) is 13.6. The normalized spacial score (nSPS) is 11.1. The molecule has 0 aliphatic rings. The van der Waals surface area contributed by atoms with Gasteiger partial charge in [-0.05, 0) is 43.2 Å². The molecule has 19 heavy (non-hydrogen) atoms. The van der Waals surface area contributed by atoms with Crippen LogP contribution in [0.3, 0.4) is 0 Å². The minimum absolute atomic E-state index is 0.481. The van der Waals surface area contributed by atoms with Crippen molar-refractivity contribution in [3.63, 3.8) is 0 Å². The van der Waals surface area contributed by atoms with Gasteiger partial charge in [0.1, 0.15) is 0 Å². The predicted octanol–water partition coefficient (Wildman–Crippen LogP) is 3.88. The Kier molecular flexibility index (Phi) is 2.72. The van der Waals surface area contributed by atoms with Crippen LogP contribution in [0.25, 0.3) is 16.7 Å². The summed E-state index contributed by atoms with van der Waals surface area (Å²) < 4.78 is 1.95. The van der Waals surface area contributed by atoms with E-state index in [0.29, 0.717) is 11.0 Å². The molecule has 0 amide bonds. The number of nitrogens with zero attached hydrogens (tertiary/aromatic N) is 2. The summed E-state index contributed by atoms with van der Waals surface area (Å²) in [5, 5.41) is 0.689. The number of imidazole rings is 1. The molecule has 96 valence electrons. The zero-order valence-corrected chi connectivity index (χ0v) is 11.6. The smallest absolute Gasteiger partial charge is 0.205 e. The number of fused-ring (bicyclic) bond motifs is 1. The predicted molar refractivity (Wildman–Crippen MR) is 80.0 cm³/mol. The molecule has 0 aliphatic heterocycles. The first kappa shape index (κ1) is 12.1. The summed E-state index contributed by atoms with van der Waals surface area (Å²) in [4.78, 5) is 4.46. The highest BCUT2D eigenvalue weighted by Gasteiger charge is 2.13. The molecule has 3 aromatic rings. The highest BCUT2D eigenvalue weighted by atomic mass is 35.5. The maximum absolute atomic E-state index is 6.09. The van der Waals surface area contributed by atoms with Crippen LogP contribution >= 0.6 is 11.6 Å². The second kappa shape index (κ2) is 4.28. The van der Waals surface area contributed by atoms with Crippen molar-refractivity contribution < 1.29 is 0 Å². The molecule has 0 saturated carbocycles. The number of halogens is 1. The number of para-hydroxylation sites is 1. The lowest BCUT2D eigenvalue weighted by molar-refractivity contribution is 1.09. The second-order valence-electron chi connectivity index (χ2n) is 4.68. The van der Waals surface area contributed by atoms with E-state index >= 15 is 0 Å². The molecular formula is C15H14ClN3. The van der Waals surface area contributed by atoms with Gasteiger partial charge in [0, 0.05) is 5.02 Å². The average Bonchev–Trinajstić information content (AvgIpc) is 2.70. The van der Waals surface area contributed by atoms with Crippen LogP contribution in [-0.2, 0) is 0 Å². The molecule has 0 bridgehead atoms. The van der Waals surface area contributed by atoms with Crippen molar-refractivity contribution in [3.8, 4) is 5.69 Å². The number of benzene rings is 2. The van der Waals surface area contributed by atoms with Gasteiger partial charge in [-0.1, -0.05) is 29.8 Å². The van der Waals surface area contributed by atoms with Gasteiger partial charge in [-0.15, -0.1) is 0 Å². The summed E-state index contributed by atoms with van der Waals surface area (Å²) in [7, 11) is 0. The molecule has 1 heterocycles. The highest BCUT2D eigenvalue weighted by Crippen LogP contribution is 2.28. The van der Waals surface area contributed by atoms with Crippen molar-refractivity contribution in [1.29, 1.82) is 0 Å². The third-order valence-electron chi connectivity index (χ3n) is 3.32. The molecule has 3 nitrogen and oxygen atoms in total. The van der Waals surface area contributed by atoms with E-state index in [0.717, 1.165) is 27.8 Å². The van der Waals surface area contributed by atoms with Crippen LogP contribution in [0.2, 0.25) is 5.02 Å². The number of hydrogen-bond donors (Lipinski definition) is 1. The number of nitrogens with two attached hydrogens (primary N) is 1. The van der Waals surface area contributed by atoms with Crippen molar-refractivity contribution in [1.82, 2.24) is 9.55 Å². The quantitative estimate of drug-likeness (QED) is 0.730. The Morgan fingerprint density at radius 2 is 1.89 bits per heavy atom. The molecule has 0 unspecified atom stereocenters. The number of aryl methyl sites for hydroxylation is 2. The highest BCUT2D eigenvalue weighted by molar-refractivity contribution is 6.30. The minimum Gasteiger partial charge on any atom is -0.369 e. The molecule has 4 heteroatoms. The Bertz CT molecular complexity index is 774. The summed E-state index contributed by atoms with van der Waals surface area (Å²) in [5.41, 5.74) is 11.2. The fourth-order valence-electron chi connectivity index (χ4n) is 2.33. The fraction of sp³-hybridized carbons (Fsp3) is 0.133. The van der Waals surface area contributed by atoms with Gasteiger partial charge >= 0.3 is 0 Å². The first-order valence-electron chi connectivity index (χ1n) is 6.08. The molecule has 2 N–H and O–H groups in total. The third kappa shape index (κ3) is 1.87. The van der Waals surface area contributed by atoms with Crippen LogP contribution in [0.4, 0.5) is 5.95 Å². The molecule has 2 aromatic carbocycles. The minimum atomic E-state index is 0.481. The maximum atomic E-state index is 6.09. The van der Waals surface area contributed by atoms with Crippen molar-refractivity contribution in [2.45, 2.75) is 13.8 Å². The summed E-state index contributed by atoms with van der Waals surface area (Å²) in [6.07, 6.45) is 0. The first-order valence-corrected chi connectivity index (χ1v) is 6.46. The van der Waals surface area contributed by atoms with Gasteiger partial charge in [-0.2, -0.15) is 0 Å². The first-order chi connectivity index (χ1) is 9.08. The van der Waals surface area contributed by atoms with E-state index in [1.807, 2.05) is 54.8 Å². The Morgan fingerprint density at radius 3 is 2.68 bits per heavy atom. The molecule has 0 spiro atoms. The monoisotopic (exact) mass is 271 g/mol. The summed E-state index contributed by atoms with van der Waals surface area (Å²) in [6, 6.07) is 11.8. The van der Waals surface area contributed by atoms with E-state index < -0.39 is 0 Å². The van der Waals surface area contributed by atoms with E-state index in [9.17, 15) is 0 Å². The Hall–Kier alpha value is -2.00. The lowest BCUT2D eigenvalue weighted by atomic mass is 10.1. The van der Waals surface area contributed by atoms with E-state index in [1.165, 1.54) is 0 Å². The van der Waals surface area contributed by atoms with Crippen LogP contribution in [0.1, 0.15) is 11.1 Å². The lowest BCUT2D eigenvalue weighted by Gasteiger charge is -2.10. The van der Waals surface area contributed by atoms with Crippen molar-refractivity contribution in [3.05, 3.63) is 52.5 Å². The van der Waals surface area contributed by atoms with Gasteiger partial charge < -0.3 is 5.73 Å². The van der Waals surface area contributed by atoms with Gasteiger partial charge in [0.05, 0.1) is 16.7 Å². The van der Waals surface area contributed by atoms with Crippen molar-refractivity contribution in [2.75, 3.05) is 5.73 Å². The Labute approximate surface area is 116 Å². The van der Waals surface area contributed by atoms with Crippen LogP contribution in [0.15, 0.2) is 36.4 Å². The Balaban J connectivity index is 2.39. The van der Waals surface area contributed by atoms with Crippen LogP contribution in [0, 0.1) is 13.8 Å². The van der Waals surface area contributed by atoms with Crippen molar-refractivity contribution in [2.24, 2.45) is 0 Å². The van der Waals surface area contributed by atoms with E-state index in [-0.39, 0.29) is 0 Å². The fourth-order valence-corrected chi connectivity index (χ4v) is 2.50. The van der Waals surface area contributed by atoms with E-state index in [4.69, 9.17) is 17.3 Å². The molecule has 0 aliphatic carbocycles. The zero-order valence-electron chi connectivity index (χ0n) is 10.8. The van der Waals surface area contributed by atoms with Crippen LogP contribution < -0.4 is 5.73 Å². The maximum Gasteiger partial charge on any atom is 0.205 e.